The Morgan fingerprint density at radius 3 is 2.62 bits per heavy atom. The van der Waals surface area contributed by atoms with Gasteiger partial charge in [-0.25, -0.2) is 4.68 Å². The maximum Gasteiger partial charge on any atom is 0.263 e. The van der Waals surface area contributed by atoms with Gasteiger partial charge < -0.3 is 4.90 Å². The fourth-order valence-electron chi connectivity index (χ4n) is 2.14. The molecule has 6 heteroatoms. The zero-order valence-corrected chi connectivity index (χ0v) is 13.8. The van der Waals surface area contributed by atoms with Crippen molar-refractivity contribution >= 4 is 17.0 Å². The van der Waals surface area contributed by atoms with Crippen molar-refractivity contribution in [2.75, 3.05) is 18.5 Å². The number of anilines is 1. The van der Waals surface area contributed by atoms with Crippen LogP contribution >= 0.6 is 0 Å². The molecule has 0 aliphatic carbocycles. The summed E-state index contributed by atoms with van der Waals surface area (Å²) in [6.07, 6.45) is 2.64. The van der Waals surface area contributed by atoms with Crippen LogP contribution in [-0.4, -0.2) is 33.3 Å². The van der Waals surface area contributed by atoms with E-state index in [4.69, 9.17) is 0 Å². The van der Waals surface area contributed by atoms with Gasteiger partial charge in [0, 0.05) is 13.6 Å². The summed E-state index contributed by atoms with van der Waals surface area (Å²) in [5, 5.41) is 4.85. The first-order valence-corrected chi connectivity index (χ1v) is 7.40. The summed E-state index contributed by atoms with van der Waals surface area (Å²) in [6, 6.07) is 0. The van der Waals surface area contributed by atoms with E-state index < -0.39 is 0 Å². The summed E-state index contributed by atoms with van der Waals surface area (Å²) in [7, 11) is 1.95. The lowest BCUT2D eigenvalue weighted by Crippen LogP contribution is -2.27. The highest BCUT2D eigenvalue weighted by molar-refractivity contribution is 5.74. The number of rotatable bonds is 4. The molecule has 0 unspecified atom stereocenters. The lowest BCUT2D eigenvalue weighted by atomic mass is 10.1. The van der Waals surface area contributed by atoms with Gasteiger partial charge in [-0.05, 0) is 33.1 Å². The molecular formula is C15H25N5O. The van der Waals surface area contributed by atoms with Crippen molar-refractivity contribution < 1.29 is 0 Å². The molecule has 2 heterocycles. The third-order valence-corrected chi connectivity index (χ3v) is 3.46. The van der Waals surface area contributed by atoms with E-state index >= 15 is 0 Å². The van der Waals surface area contributed by atoms with Crippen molar-refractivity contribution in [1.82, 2.24) is 19.7 Å². The topological polar surface area (TPSA) is 66.8 Å². The fraction of sp³-hybridized carbons (Fsp3) is 0.667. The lowest BCUT2D eigenvalue weighted by Gasteiger charge is -2.21. The normalized spacial score (nSPS) is 12.3. The number of nitrogens with one attached hydrogen (secondary N) is 1. The van der Waals surface area contributed by atoms with Gasteiger partial charge in [-0.2, -0.15) is 10.1 Å². The van der Waals surface area contributed by atoms with Crippen LogP contribution in [0.1, 0.15) is 41.0 Å². The molecule has 0 fully saturated rings. The highest BCUT2D eigenvalue weighted by Gasteiger charge is 2.20. The van der Waals surface area contributed by atoms with Crippen LogP contribution in [-0.2, 0) is 5.54 Å². The maximum atomic E-state index is 12.2. The predicted octanol–water partition coefficient (Wildman–Crippen LogP) is 2.36. The molecule has 2 aromatic rings. The van der Waals surface area contributed by atoms with Crippen LogP contribution < -0.4 is 10.5 Å². The van der Waals surface area contributed by atoms with Crippen LogP contribution in [0.25, 0.3) is 11.0 Å². The van der Waals surface area contributed by atoms with Crippen LogP contribution in [0.15, 0.2) is 11.0 Å². The Kier molecular flexibility index (Phi) is 4.07. The smallest absolute Gasteiger partial charge is 0.263 e. The van der Waals surface area contributed by atoms with Crippen LogP contribution in [0.5, 0.6) is 0 Å². The summed E-state index contributed by atoms with van der Waals surface area (Å²) in [6.45, 7) is 11.4. The number of aromatic nitrogens is 4. The molecule has 6 nitrogen and oxygen atoms in total. The molecule has 116 valence electrons. The van der Waals surface area contributed by atoms with E-state index in [2.05, 4.69) is 28.9 Å². The number of hydrogen-bond acceptors (Lipinski definition) is 4. The van der Waals surface area contributed by atoms with Crippen LogP contribution in [0, 0.1) is 5.92 Å². The molecule has 0 radical (unpaired) electrons. The zero-order valence-electron chi connectivity index (χ0n) is 13.8. The van der Waals surface area contributed by atoms with E-state index in [9.17, 15) is 4.79 Å². The minimum atomic E-state index is -0.212. The molecule has 0 saturated heterocycles. The molecular weight excluding hydrogens is 266 g/mol. The molecule has 0 atom stereocenters. The van der Waals surface area contributed by atoms with Gasteiger partial charge in [0.25, 0.3) is 5.56 Å². The molecule has 2 rings (SSSR count). The third kappa shape index (κ3) is 3.25. The summed E-state index contributed by atoms with van der Waals surface area (Å²) in [5.41, 5.74) is 0.288. The van der Waals surface area contributed by atoms with Crippen LogP contribution in [0.3, 0.4) is 0 Å². The average molecular weight is 291 g/mol. The Balaban J connectivity index is 2.45. The van der Waals surface area contributed by atoms with Gasteiger partial charge in [0.2, 0.25) is 5.95 Å². The largest absolute Gasteiger partial charge is 0.345 e. The van der Waals surface area contributed by atoms with E-state index in [0.29, 0.717) is 22.9 Å². The number of nitrogens with zero attached hydrogens (tertiary/aromatic N) is 4. The Labute approximate surface area is 125 Å². The molecule has 2 aromatic heterocycles. The zero-order chi connectivity index (χ0) is 15.8. The van der Waals surface area contributed by atoms with Gasteiger partial charge >= 0.3 is 0 Å². The van der Waals surface area contributed by atoms with Crippen molar-refractivity contribution in [1.29, 1.82) is 0 Å². The lowest BCUT2D eigenvalue weighted by molar-refractivity contribution is 0.366. The molecule has 0 amide bonds. The quantitative estimate of drug-likeness (QED) is 0.939. The number of fused-ring (bicyclic) bond motifs is 1. The minimum Gasteiger partial charge on any atom is -0.345 e. The standard InChI is InChI=1S/C15H25N5O/c1-10(2)7-8-19(6)14-17-12-11(13(21)18-14)9-16-20(12)15(3,4)5/h9-10H,7-8H2,1-6H3,(H,17,18,21). The van der Waals surface area contributed by atoms with E-state index in [1.54, 1.807) is 10.9 Å². The Morgan fingerprint density at radius 1 is 1.38 bits per heavy atom. The monoisotopic (exact) mass is 291 g/mol. The Hall–Kier alpha value is -1.85. The second-order valence-electron chi connectivity index (χ2n) is 6.96. The molecule has 0 spiro atoms. The van der Waals surface area contributed by atoms with Gasteiger partial charge in [0.1, 0.15) is 5.39 Å². The molecule has 0 saturated carbocycles. The number of aromatic amines is 1. The van der Waals surface area contributed by atoms with Crippen molar-refractivity contribution in [3.63, 3.8) is 0 Å². The molecule has 21 heavy (non-hydrogen) atoms. The first-order valence-electron chi connectivity index (χ1n) is 7.40. The highest BCUT2D eigenvalue weighted by Crippen LogP contribution is 2.19. The maximum absolute atomic E-state index is 12.2. The molecule has 0 aliphatic rings. The average Bonchev–Trinajstić information content (AvgIpc) is 2.79. The first kappa shape index (κ1) is 15.5. The van der Waals surface area contributed by atoms with Gasteiger partial charge in [-0.15, -0.1) is 0 Å². The molecule has 0 aromatic carbocycles. The summed E-state index contributed by atoms with van der Waals surface area (Å²) >= 11 is 0. The Bertz CT molecular complexity index is 677. The molecule has 0 bridgehead atoms. The molecule has 1 N–H and O–H groups in total. The second kappa shape index (κ2) is 5.50. The number of hydrogen-bond donors (Lipinski definition) is 1. The van der Waals surface area contributed by atoms with Crippen molar-refractivity contribution in [2.45, 2.75) is 46.6 Å². The van der Waals surface area contributed by atoms with Gasteiger partial charge in [-0.3, -0.25) is 9.78 Å². The number of H-pyrrole nitrogens is 1. The van der Waals surface area contributed by atoms with Crippen molar-refractivity contribution in [3.05, 3.63) is 16.6 Å². The summed E-state index contributed by atoms with van der Waals surface area (Å²) in [5.74, 6) is 1.21. The predicted molar refractivity (Wildman–Crippen MR) is 85.9 cm³/mol. The minimum absolute atomic E-state index is 0.137. The SMILES string of the molecule is CC(C)CCN(C)c1nc2c(cnn2C(C)(C)C)c(=O)[nH]1. The summed E-state index contributed by atoms with van der Waals surface area (Å²) in [4.78, 5) is 21.6. The van der Waals surface area contributed by atoms with Crippen molar-refractivity contribution in [3.8, 4) is 0 Å². The second-order valence-corrected chi connectivity index (χ2v) is 6.96. The van der Waals surface area contributed by atoms with E-state index in [-0.39, 0.29) is 11.1 Å². The van der Waals surface area contributed by atoms with Gasteiger partial charge in [0.05, 0.1) is 11.7 Å². The molecule has 0 aliphatic heterocycles. The third-order valence-electron chi connectivity index (χ3n) is 3.46. The highest BCUT2D eigenvalue weighted by atomic mass is 16.1. The van der Waals surface area contributed by atoms with Crippen LogP contribution in [0.4, 0.5) is 5.95 Å². The van der Waals surface area contributed by atoms with Crippen molar-refractivity contribution in [2.24, 2.45) is 5.92 Å². The van der Waals surface area contributed by atoms with E-state index in [1.165, 1.54) is 0 Å². The van der Waals surface area contributed by atoms with Crippen LogP contribution in [0.2, 0.25) is 0 Å². The van der Waals surface area contributed by atoms with Gasteiger partial charge in [0.15, 0.2) is 5.65 Å². The first-order chi connectivity index (χ1) is 9.70. The fourth-order valence-corrected chi connectivity index (χ4v) is 2.14. The summed E-state index contributed by atoms with van der Waals surface area (Å²) < 4.78 is 1.80. The van der Waals surface area contributed by atoms with Gasteiger partial charge in [-0.1, -0.05) is 13.8 Å². The van der Waals surface area contributed by atoms with E-state index in [0.717, 1.165) is 13.0 Å². The Morgan fingerprint density at radius 2 is 2.05 bits per heavy atom. The van der Waals surface area contributed by atoms with E-state index in [1.807, 2.05) is 32.7 Å².